The molecule has 0 saturated carbocycles. The Labute approximate surface area is 192 Å². The molecular weight excluding hydrogens is 461 g/mol. The van der Waals surface area contributed by atoms with Gasteiger partial charge in [-0.2, -0.15) is 5.10 Å². The third-order valence-corrected chi connectivity index (χ3v) is 6.19. The zero-order chi connectivity index (χ0) is 21.7. The molecule has 3 aromatic carbocycles. The first-order valence-corrected chi connectivity index (χ1v) is 10.6. The van der Waals surface area contributed by atoms with E-state index in [1.807, 2.05) is 41.4 Å². The zero-order valence-corrected chi connectivity index (χ0v) is 18.1. The van der Waals surface area contributed by atoms with E-state index in [4.69, 9.17) is 44.6 Å². The van der Waals surface area contributed by atoms with Crippen molar-refractivity contribution in [1.82, 2.24) is 5.01 Å². The molecule has 0 saturated heterocycles. The minimum atomic E-state index is -0.653. The van der Waals surface area contributed by atoms with Crippen LogP contribution in [0.3, 0.4) is 0 Å². The Balaban J connectivity index is 1.61. The Morgan fingerprint density at radius 3 is 2.48 bits per heavy atom. The quantitative estimate of drug-likeness (QED) is 0.309. The molecule has 0 bridgehead atoms. The van der Waals surface area contributed by atoms with Crippen LogP contribution in [-0.2, 0) is 0 Å². The molecule has 0 fully saturated rings. The second-order valence-electron chi connectivity index (χ2n) is 7.27. The van der Waals surface area contributed by atoms with Gasteiger partial charge in [-0.25, -0.2) is 5.01 Å². The van der Waals surface area contributed by atoms with Crippen molar-refractivity contribution in [2.75, 3.05) is 0 Å². The van der Waals surface area contributed by atoms with Gasteiger partial charge in [0, 0.05) is 33.7 Å². The third kappa shape index (κ3) is 3.61. The molecule has 6 nitrogen and oxygen atoms in total. The van der Waals surface area contributed by atoms with Crippen molar-refractivity contribution in [3.05, 3.63) is 103 Å². The van der Waals surface area contributed by atoms with E-state index in [1.165, 1.54) is 12.1 Å². The first-order chi connectivity index (χ1) is 14.9. The lowest BCUT2D eigenvalue weighted by Gasteiger charge is -2.38. The van der Waals surface area contributed by atoms with E-state index in [9.17, 15) is 10.1 Å². The predicted molar refractivity (Wildman–Crippen MR) is 120 cm³/mol. The Morgan fingerprint density at radius 1 is 1.00 bits per heavy atom. The van der Waals surface area contributed by atoms with Crippen LogP contribution in [-0.4, -0.2) is 15.6 Å². The summed E-state index contributed by atoms with van der Waals surface area (Å²) in [4.78, 5) is 10.9. The van der Waals surface area contributed by atoms with Crippen LogP contribution in [0.25, 0.3) is 0 Å². The van der Waals surface area contributed by atoms with E-state index in [1.54, 1.807) is 12.1 Å². The molecule has 3 aromatic rings. The van der Waals surface area contributed by atoms with Gasteiger partial charge in [-0.3, -0.25) is 10.1 Å². The second-order valence-corrected chi connectivity index (χ2v) is 8.55. The Morgan fingerprint density at radius 2 is 1.74 bits per heavy atom. The summed E-state index contributed by atoms with van der Waals surface area (Å²) in [5, 5.41) is 19.4. The van der Waals surface area contributed by atoms with Crippen LogP contribution in [0.1, 0.15) is 35.4 Å². The summed E-state index contributed by atoms with van der Waals surface area (Å²) in [5.74, 6) is 0.667. The van der Waals surface area contributed by atoms with Gasteiger partial charge in [-0.1, -0.05) is 53.0 Å². The van der Waals surface area contributed by atoms with E-state index in [2.05, 4.69) is 0 Å². The van der Waals surface area contributed by atoms with Crippen molar-refractivity contribution in [1.29, 1.82) is 0 Å². The van der Waals surface area contributed by atoms with E-state index in [0.29, 0.717) is 27.8 Å². The molecule has 0 aliphatic carbocycles. The van der Waals surface area contributed by atoms with Gasteiger partial charge in [-0.05, 0) is 42.0 Å². The van der Waals surface area contributed by atoms with Crippen LogP contribution < -0.4 is 4.74 Å². The molecule has 2 atom stereocenters. The van der Waals surface area contributed by atoms with Crippen molar-refractivity contribution < 1.29 is 9.66 Å². The lowest BCUT2D eigenvalue weighted by Crippen LogP contribution is -2.33. The smallest absolute Gasteiger partial charge is 0.288 e. The molecule has 0 spiro atoms. The molecule has 2 heterocycles. The molecule has 0 radical (unpaired) electrons. The summed E-state index contributed by atoms with van der Waals surface area (Å²) in [6, 6.07) is 17.4. The topological polar surface area (TPSA) is 68.0 Å². The van der Waals surface area contributed by atoms with E-state index in [-0.39, 0.29) is 16.8 Å². The monoisotopic (exact) mass is 473 g/mol. The molecule has 2 aliphatic heterocycles. The molecule has 0 aromatic heterocycles. The summed E-state index contributed by atoms with van der Waals surface area (Å²) in [5.41, 5.74) is 3.14. The number of halogens is 3. The Hall–Kier alpha value is -2.80. The number of fused-ring (bicyclic) bond motifs is 3. The van der Waals surface area contributed by atoms with Gasteiger partial charge in [0.05, 0.1) is 16.7 Å². The fraction of sp³-hybridized carbons (Fsp3) is 0.136. The maximum atomic E-state index is 11.4. The molecule has 156 valence electrons. The van der Waals surface area contributed by atoms with Crippen LogP contribution in [0, 0.1) is 10.1 Å². The van der Waals surface area contributed by atoms with Gasteiger partial charge in [0.1, 0.15) is 10.8 Å². The maximum absolute atomic E-state index is 11.4. The van der Waals surface area contributed by atoms with Crippen LogP contribution >= 0.6 is 34.8 Å². The number of nitro groups is 1. The Bertz CT molecular complexity index is 1230. The minimum Gasteiger partial charge on any atom is -0.464 e. The third-order valence-electron chi connectivity index (χ3n) is 5.38. The standard InChI is InChI=1S/C22H14Cl3N3O3/c23-14-4-1-12(2-5-14)18-11-19-16-10-15(24)6-8-21(16)31-22(27(19)26-18)13-3-7-17(25)20(9-13)28(29)30/h1-10,19,22H,11H2/t19-,22+/m1/s1. The SMILES string of the molecule is O=[N+]([O-])c1cc([C@@H]2Oc3ccc(Cl)cc3[C@H]3CC(c4ccc(Cl)cc4)=NN32)ccc1Cl. The molecule has 5 rings (SSSR count). The summed E-state index contributed by atoms with van der Waals surface area (Å²) in [7, 11) is 0. The molecule has 9 heteroatoms. The summed E-state index contributed by atoms with van der Waals surface area (Å²) in [6.07, 6.45) is -0.0238. The molecule has 31 heavy (non-hydrogen) atoms. The van der Waals surface area contributed by atoms with Gasteiger partial charge in [0.2, 0.25) is 6.23 Å². The molecule has 0 unspecified atom stereocenters. The highest BCUT2D eigenvalue weighted by molar-refractivity contribution is 6.32. The summed E-state index contributed by atoms with van der Waals surface area (Å²) in [6.45, 7) is 0. The van der Waals surface area contributed by atoms with Gasteiger partial charge in [-0.15, -0.1) is 0 Å². The average molecular weight is 475 g/mol. The fourth-order valence-electron chi connectivity index (χ4n) is 3.92. The lowest BCUT2D eigenvalue weighted by atomic mass is 9.96. The van der Waals surface area contributed by atoms with Crippen molar-refractivity contribution in [2.45, 2.75) is 18.7 Å². The number of nitro benzene ring substituents is 1. The highest BCUT2D eigenvalue weighted by Crippen LogP contribution is 2.48. The number of nitrogens with zero attached hydrogens (tertiary/aromatic N) is 3. The zero-order valence-electron chi connectivity index (χ0n) is 15.8. The number of benzene rings is 3. The highest BCUT2D eigenvalue weighted by atomic mass is 35.5. The van der Waals surface area contributed by atoms with Crippen molar-refractivity contribution in [3.8, 4) is 5.75 Å². The van der Waals surface area contributed by atoms with Crippen molar-refractivity contribution in [2.24, 2.45) is 5.10 Å². The first-order valence-electron chi connectivity index (χ1n) is 9.42. The molecule has 0 amide bonds. The average Bonchev–Trinajstić information content (AvgIpc) is 3.20. The number of ether oxygens (including phenoxy) is 1. The van der Waals surface area contributed by atoms with Gasteiger partial charge in [0.15, 0.2) is 0 Å². The largest absolute Gasteiger partial charge is 0.464 e. The normalized spacial score (nSPS) is 19.3. The van der Waals surface area contributed by atoms with Crippen LogP contribution in [0.2, 0.25) is 15.1 Å². The van der Waals surface area contributed by atoms with Gasteiger partial charge >= 0.3 is 0 Å². The maximum Gasteiger partial charge on any atom is 0.288 e. The molecular formula is C22H14Cl3N3O3. The van der Waals surface area contributed by atoms with Gasteiger partial charge in [0.25, 0.3) is 5.69 Å². The number of rotatable bonds is 3. The van der Waals surface area contributed by atoms with Crippen LogP contribution in [0.5, 0.6) is 5.75 Å². The van der Waals surface area contributed by atoms with Gasteiger partial charge < -0.3 is 4.74 Å². The lowest BCUT2D eigenvalue weighted by molar-refractivity contribution is -0.384. The highest BCUT2D eigenvalue weighted by Gasteiger charge is 2.41. The number of hydrogen-bond donors (Lipinski definition) is 0. The fourth-order valence-corrected chi connectivity index (χ4v) is 4.41. The van der Waals surface area contributed by atoms with Crippen LogP contribution in [0.15, 0.2) is 65.8 Å². The number of hydrogen-bond acceptors (Lipinski definition) is 5. The van der Waals surface area contributed by atoms with E-state index in [0.717, 1.165) is 16.8 Å². The first kappa shape index (κ1) is 20.1. The second kappa shape index (κ2) is 7.71. The van der Waals surface area contributed by atoms with E-state index >= 15 is 0 Å². The molecule has 0 N–H and O–H groups in total. The molecule has 2 aliphatic rings. The minimum absolute atomic E-state index is 0.0695. The summed E-state index contributed by atoms with van der Waals surface area (Å²) < 4.78 is 6.24. The predicted octanol–water partition coefficient (Wildman–Crippen LogP) is 6.80. The van der Waals surface area contributed by atoms with Crippen LogP contribution in [0.4, 0.5) is 5.69 Å². The number of hydrazone groups is 1. The Kier molecular flexibility index (Phi) is 5.01. The van der Waals surface area contributed by atoms with E-state index < -0.39 is 11.2 Å². The van der Waals surface area contributed by atoms with Crippen molar-refractivity contribution >= 4 is 46.2 Å². The van der Waals surface area contributed by atoms with Crippen molar-refractivity contribution in [3.63, 3.8) is 0 Å². The summed E-state index contributed by atoms with van der Waals surface area (Å²) >= 11 is 18.3.